The summed E-state index contributed by atoms with van der Waals surface area (Å²) in [7, 11) is 0. The van der Waals surface area contributed by atoms with E-state index in [4.69, 9.17) is 0 Å². The van der Waals surface area contributed by atoms with E-state index in [1.165, 1.54) is 47.6 Å². The van der Waals surface area contributed by atoms with Gasteiger partial charge in [0.15, 0.2) is 0 Å². The molecule has 0 radical (unpaired) electrons. The molecule has 0 aliphatic rings. The van der Waals surface area contributed by atoms with Gasteiger partial charge in [0, 0.05) is 23.1 Å². The van der Waals surface area contributed by atoms with Gasteiger partial charge in [-0.1, -0.05) is 30.0 Å². The quantitative estimate of drug-likeness (QED) is 0.139. The van der Waals surface area contributed by atoms with Gasteiger partial charge in [-0.15, -0.1) is 11.3 Å². The SMILES string of the molecule is Cc1ccc(O)c(NC(=O)CSc2ncnc3scc(-c4cccc([N+](=O)[O-])c4)c23)c1. The van der Waals surface area contributed by atoms with E-state index in [2.05, 4.69) is 15.3 Å². The predicted octanol–water partition coefficient (Wildman–Crippen LogP) is 5.01. The number of nitro groups is 1. The Labute approximate surface area is 185 Å². The minimum Gasteiger partial charge on any atom is -0.506 e. The zero-order valence-electron chi connectivity index (χ0n) is 16.2. The Morgan fingerprint density at radius 3 is 2.90 bits per heavy atom. The number of thioether (sulfide) groups is 1. The maximum atomic E-state index is 12.4. The number of non-ortho nitro benzene ring substituents is 1. The number of carbonyl (C=O) groups excluding carboxylic acids is 1. The fourth-order valence-electron chi connectivity index (χ4n) is 3.03. The van der Waals surface area contributed by atoms with Crippen LogP contribution in [-0.4, -0.2) is 31.7 Å². The van der Waals surface area contributed by atoms with E-state index in [1.54, 1.807) is 24.3 Å². The van der Waals surface area contributed by atoms with Crippen LogP contribution in [0, 0.1) is 17.0 Å². The molecule has 1 amide bonds. The molecule has 8 nitrogen and oxygen atoms in total. The van der Waals surface area contributed by atoms with Crippen molar-refractivity contribution < 1.29 is 14.8 Å². The molecule has 2 aromatic carbocycles. The molecule has 0 saturated heterocycles. The number of phenolic OH excluding ortho intramolecular Hbond substituents is 1. The number of thiophene rings is 1. The molecule has 156 valence electrons. The van der Waals surface area contributed by atoms with E-state index >= 15 is 0 Å². The van der Waals surface area contributed by atoms with Crippen LogP contribution >= 0.6 is 23.1 Å². The van der Waals surface area contributed by atoms with Crippen LogP contribution in [0.25, 0.3) is 21.3 Å². The molecule has 10 heteroatoms. The molecule has 0 aliphatic heterocycles. The van der Waals surface area contributed by atoms with E-state index in [1.807, 2.05) is 12.3 Å². The molecule has 0 bridgehead atoms. The van der Waals surface area contributed by atoms with Crippen molar-refractivity contribution in [1.82, 2.24) is 9.97 Å². The van der Waals surface area contributed by atoms with Gasteiger partial charge in [-0.3, -0.25) is 14.9 Å². The largest absolute Gasteiger partial charge is 0.506 e. The summed E-state index contributed by atoms with van der Waals surface area (Å²) in [5, 5.41) is 27.0. The van der Waals surface area contributed by atoms with Crippen LogP contribution in [0.4, 0.5) is 11.4 Å². The average Bonchev–Trinajstić information content (AvgIpc) is 3.20. The summed E-state index contributed by atoms with van der Waals surface area (Å²) < 4.78 is 0. The number of aromatic nitrogens is 2. The molecular formula is C21H16N4O4S2. The van der Waals surface area contributed by atoms with E-state index < -0.39 is 4.92 Å². The number of rotatable bonds is 6. The summed E-state index contributed by atoms with van der Waals surface area (Å²) in [6.07, 6.45) is 1.43. The zero-order chi connectivity index (χ0) is 22.0. The Hall–Kier alpha value is -3.50. The van der Waals surface area contributed by atoms with Gasteiger partial charge < -0.3 is 10.4 Å². The van der Waals surface area contributed by atoms with Crippen LogP contribution in [0.1, 0.15) is 5.56 Å². The van der Waals surface area contributed by atoms with Gasteiger partial charge in [-0.2, -0.15) is 0 Å². The lowest BCUT2D eigenvalue weighted by molar-refractivity contribution is -0.384. The predicted molar refractivity (Wildman–Crippen MR) is 122 cm³/mol. The van der Waals surface area contributed by atoms with Crippen molar-refractivity contribution in [3.05, 3.63) is 69.8 Å². The number of phenols is 1. The number of benzene rings is 2. The number of carbonyl (C=O) groups is 1. The Morgan fingerprint density at radius 1 is 1.26 bits per heavy atom. The molecular weight excluding hydrogens is 436 g/mol. The van der Waals surface area contributed by atoms with E-state index in [0.717, 1.165) is 21.3 Å². The summed E-state index contributed by atoms with van der Waals surface area (Å²) in [5.41, 5.74) is 2.74. The highest BCUT2D eigenvalue weighted by atomic mass is 32.2. The maximum absolute atomic E-state index is 12.4. The molecule has 0 saturated carbocycles. The summed E-state index contributed by atoms with van der Waals surface area (Å²) in [6.45, 7) is 1.87. The fraction of sp³-hybridized carbons (Fsp3) is 0.0952. The number of nitro benzene ring substituents is 1. The molecule has 0 unspecified atom stereocenters. The molecule has 4 aromatic rings. The second-order valence-corrected chi connectivity index (χ2v) is 8.50. The van der Waals surface area contributed by atoms with Gasteiger partial charge in [-0.25, -0.2) is 9.97 Å². The Bertz CT molecular complexity index is 1310. The number of hydrogen-bond donors (Lipinski definition) is 2. The smallest absolute Gasteiger partial charge is 0.270 e. The maximum Gasteiger partial charge on any atom is 0.270 e. The lowest BCUT2D eigenvalue weighted by atomic mass is 10.1. The highest BCUT2D eigenvalue weighted by Crippen LogP contribution is 2.38. The van der Waals surface area contributed by atoms with Gasteiger partial charge in [0.1, 0.15) is 21.9 Å². The van der Waals surface area contributed by atoms with Crippen molar-refractivity contribution in [2.75, 3.05) is 11.1 Å². The van der Waals surface area contributed by atoms with Gasteiger partial charge >= 0.3 is 0 Å². The highest BCUT2D eigenvalue weighted by molar-refractivity contribution is 8.00. The van der Waals surface area contributed by atoms with Gasteiger partial charge in [-0.05, 0) is 30.2 Å². The van der Waals surface area contributed by atoms with Crippen LogP contribution in [0.2, 0.25) is 0 Å². The van der Waals surface area contributed by atoms with Crippen molar-refractivity contribution in [1.29, 1.82) is 0 Å². The zero-order valence-corrected chi connectivity index (χ0v) is 17.9. The molecule has 2 aromatic heterocycles. The molecule has 4 rings (SSSR count). The summed E-state index contributed by atoms with van der Waals surface area (Å²) in [5.74, 6) is -0.215. The molecule has 31 heavy (non-hydrogen) atoms. The minimum absolute atomic E-state index is 0.000225. The summed E-state index contributed by atoms with van der Waals surface area (Å²) in [4.78, 5) is 32.5. The molecule has 2 heterocycles. The number of anilines is 1. The Morgan fingerprint density at radius 2 is 2.10 bits per heavy atom. The second kappa shape index (κ2) is 8.70. The van der Waals surface area contributed by atoms with Crippen LogP contribution in [0.3, 0.4) is 0 Å². The number of fused-ring (bicyclic) bond motifs is 1. The first kappa shape index (κ1) is 20.8. The molecule has 2 N–H and O–H groups in total. The molecule has 0 aliphatic carbocycles. The lowest BCUT2D eigenvalue weighted by Crippen LogP contribution is -2.14. The first-order chi connectivity index (χ1) is 14.9. The minimum atomic E-state index is -0.435. The third kappa shape index (κ3) is 4.49. The summed E-state index contributed by atoms with van der Waals surface area (Å²) >= 11 is 2.65. The Kier molecular flexibility index (Phi) is 5.83. The van der Waals surface area contributed by atoms with Gasteiger partial charge in [0.05, 0.1) is 21.7 Å². The van der Waals surface area contributed by atoms with Gasteiger partial charge in [0.25, 0.3) is 5.69 Å². The van der Waals surface area contributed by atoms with Crippen molar-refractivity contribution in [3.63, 3.8) is 0 Å². The third-order valence-electron chi connectivity index (χ3n) is 4.47. The number of nitrogens with zero attached hydrogens (tertiary/aromatic N) is 3. The lowest BCUT2D eigenvalue weighted by Gasteiger charge is -2.09. The average molecular weight is 453 g/mol. The molecule has 0 atom stereocenters. The molecule has 0 spiro atoms. The van der Waals surface area contributed by atoms with Crippen molar-refractivity contribution >= 4 is 50.6 Å². The van der Waals surface area contributed by atoms with E-state index in [9.17, 15) is 20.0 Å². The van der Waals surface area contributed by atoms with Crippen LogP contribution in [0.5, 0.6) is 5.75 Å². The number of nitrogens with one attached hydrogen (secondary N) is 1. The normalized spacial score (nSPS) is 10.9. The third-order valence-corrected chi connectivity index (χ3v) is 6.35. The monoisotopic (exact) mass is 452 g/mol. The molecule has 0 fully saturated rings. The van der Waals surface area contributed by atoms with Gasteiger partial charge in [0.2, 0.25) is 5.91 Å². The van der Waals surface area contributed by atoms with Crippen molar-refractivity contribution in [2.45, 2.75) is 11.9 Å². The van der Waals surface area contributed by atoms with E-state index in [0.29, 0.717) is 16.3 Å². The van der Waals surface area contributed by atoms with Crippen LogP contribution in [-0.2, 0) is 4.79 Å². The van der Waals surface area contributed by atoms with Crippen LogP contribution in [0.15, 0.2) is 59.2 Å². The number of aromatic hydroxyl groups is 1. The van der Waals surface area contributed by atoms with E-state index in [-0.39, 0.29) is 23.1 Å². The number of amides is 1. The standard InChI is InChI=1S/C21H16N4O4S2/c1-12-5-6-17(26)16(7-12)24-18(27)10-31-21-19-15(9-30-20(19)22-11-23-21)13-3-2-4-14(8-13)25(28)29/h2-9,11,26H,10H2,1H3,(H,24,27). The summed E-state index contributed by atoms with van der Waals surface area (Å²) in [6, 6.07) is 11.4. The van der Waals surface area contributed by atoms with Crippen LogP contribution < -0.4 is 5.32 Å². The number of hydrogen-bond acceptors (Lipinski definition) is 8. The fourth-order valence-corrected chi connectivity index (χ4v) is 4.82. The number of aryl methyl sites for hydroxylation is 1. The first-order valence-corrected chi connectivity index (χ1v) is 11.0. The highest BCUT2D eigenvalue weighted by Gasteiger charge is 2.17. The first-order valence-electron chi connectivity index (χ1n) is 9.11. The Balaban J connectivity index is 1.59. The topological polar surface area (TPSA) is 118 Å². The second-order valence-electron chi connectivity index (χ2n) is 6.67. The van der Waals surface area contributed by atoms with Crippen molar-refractivity contribution in [3.8, 4) is 16.9 Å². The van der Waals surface area contributed by atoms with Crippen molar-refractivity contribution in [2.24, 2.45) is 0 Å².